The van der Waals surface area contributed by atoms with E-state index in [0.29, 0.717) is 40.8 Å². The van der Waals surface area contributed by atoms with Crippen LogP contribution >= 0.6 is 0 Å². The standard InChI is InChI=1S/C27H42O3/c1-16-7-12-27(28-15-16)17(2)23-21(29-27)14-20-18-13-22-26(30-22)10-6-5-9-25(26,4)19(18)8-11-24(20,23)3/h16-23H,5-15H2,1-4H3/t16?,17-,18+,19-,20-,21-,22?,23-,24-,25+,26?,27+/m0/s1. The number of hydrogen-bond acceptors (Lipinski definition) is 3. The molecule has 2 spiro atoms. The van der Waals surface area contributed by atoms with E-state index in [2.05, 4.69) is 27.7 Å². The van der Waals surface area contributed by atoms with Crippen LogP contribution in [0.1, 0.15) is 91.9 Å². The summed E-state index contributed by atoms with van der Waals surface area (Å²) in [5.41, 5.74) is 1.14. The third-order valence-electron chi connectivity index (χ3n) is 12.3. The molecule has 3 heteroatoms. The lowest BCUT2D eigenvalue weighted by atomic mass is 9.44. The van der Waals surface area contributed by atoms with E-state index in [0.717, 1.165) is 30.8 Å². The first-order valence-electron chi connectivity index (χ1n) is 13.3. The topological polar surface area (TPSA) is 31.0 Å². The van der Waals surface area contributed by atoms with Crippen LogP contribution in [0.4, 0.5) is 0 Å². The van der Waals surface area contributed by atoms with Gasteiger partial charge in [0.15, 0.2) is 5.79 Å². The summed E-state index contributed by atoms with van der Waals surface area (Å²) in [7, 11) is 0. The Bertz CT molecular complexity index is 742. The lowest BCUT2D eigenvalue weighted by molar-refractivity contribution is -0.272. The van der Waals surface area contributed by atoms with Gasteiger partial charge in [-0.2, -0.15) is 0 Å². The third-order valence-corrected chi connectivity index (χ3v) is 12.3. The van der Waals surface area contributed by atoms with Gasteiger partial charge in [0, 0.05) is 17.8 Å². The van der Waals surface area contributed by atoms with Crippen LogP contribution in [0.2, 0.25) is 0 Å². The van der Waals surface area contributed by atoms with E-state index in [4.69, 9.17) is 14.2 Å². The van der Waals surface area contributed by atoms with Crippen molar-refractivity contribution in [3.8, 4) is 0 Å². The summed E-state index contributed by atoms with van der Waals surface area (Å²) in [6.45, 7) is 11.0. The first-order valence-corrected chi connectivity index (χ1v) is 13.3. The Balaban J connectivity index is 1.19. The van der Waals surface area contributed by atoms with E-state index >= 15 is 0 Å². The van der Waals surface area contributed by atoms with E-state index < -0.39 is 0 Å². The minimum Gasteiger partial charge on any atom is -0.365 e. The normalized spacial score (nSPS) is 66.0. The second-order valence-corrected chi connectivity index (χ2v) is 13.3. The number of rotatable bonds is 0. The van der Waals surface area contributed by atoms with Crippen molar-refractivity contribution in [3.63, 3.8) is 0 Å². The molecule has 3 saturated heterocycles. The fourth-order valence-electron chi connectivity index (χ4n) is 10.7. The average Bonchev–Trinajstić information content (AvgIpc) is 3.25. The average molecular weight is 415 g/mol. The maximum absolute atomic E-state index is 6.93. The zero-order chi connectivity index (χ0) is 20.5. The molecule has 0 N–H and O–H groups in total. The van der Waals surface area contributed by atoms with Crippen molar-refractivity contribution in [2.45, 2.75) is 115 Å². The van der Waals surface area contributed by atoms with Crippen molar-refractivity contribution in [2.24, 2.45) is 46.3 Å². The van der Waals surface area contributed by atoms with Crippen molar-refractivity contribution in [2.75, 3.05) is 6.61 Å². The van der Waals surface area contributed by atoms with E-state index in [1.807, 2.05) is 0 Å². The molecule has 0 aromatic rings. The summed E-state index contributed by atoms with van der Waals surface area (Å²) < 4.78 is 20.0. The molecule has 7 aliphatic rings. The molecule has 3 aliphatic heterocycles. The van der Waals surface area contributed by atoms with Crippen LogP contribution in [0, 0.1) is 46.3 Å². The lowest BCUT2D eigenvalue weighted by Crippen LogP contribution is -2.57. The number of hydrogen-bond donors (Lipinski definition) is 0. The minimum atomic E-state index is -0.274. The molecule has 3 unspecified atom stereocenters. The zero-order valence-corrected chi connectivity index (χ0v) is 19.6. The van der Waals surface area contributed by atoms with Crippen LogP contribution in [0.5, 0.6) is 0 Å². The van der Waals surface area contributed by atoms with E-state index in [9.17, 15) is 0 Å². The lowest BCUT2D eigenvalue weighted by Gasteiger charge is -2.59. The third kappa shape index (κ3) is 2.10. The van der Waals surface area contributed by atoms with Crippen LogP contribution in [-0.4, -0.2) is 30.2 Å². The number of ether oxygens (including phenoxy) is 3. The van der Waals surface area contributed by atoms with Crippen LogP contribution in [0.3, 0.4) is 0 Å². The monoisotopic (exact) mass is 414 g/mol. The van der Waals surface area contributed by atoms with Crippen LogP contribution < -0.4 is 0 Å². The molecule has 0 radical (unpaired) electrons. The fourth-order valence-corrected chi connectivity index (χ4v) is 10.7. The van der Waals surface area contributed by atoms with Gasteiger partial charge < -0.3 is 14.2 Å². The highest BCUT2D eigenvalue weighted by atomic mass is 16.7. The van der Waals surface area contributed by atoms with Crippen LogP contribution in [0.25, 0.3) is 0 Å². The van der Waals surface area contributed by atoms with Crippen molar-refractivity contribution < 1.29 is 14.2 Å². The first kappa shape index (κ1) is 19.4. The summed E-state index contributed by atoms with van der Waals surface area (Å²) in [5.74, 6) is 4.19. The Labute approximate surface area is 183 Å². The van der Waals surface area contributed by atoms with Crippen molar-refractivity contribution >= 4 is 0 Å². The Hall–Kier alpha value is -0.120. The Kier molecular flexibility index (Phi) is 3.78. The van der Waals surface area contributed by atoms with Gasteiger partial charge >= 0.3 is 0 Å². The highest BCUT2D eigenvalue weighted by Gasteiger charge is 2.76. The summed E-state index contributed by atoms with van der Waals surface area (Å²) in [4.78, 5) is 0. The molecule has 0 bridgehead atoms. The Morgan fingerprint density at radius 2 is 1.67 bits per heavy atom. The number of fused-ring (bicyclic) bond motifs is 6. The molecule has 7 fully saturated rings. The largest absolute Gasteiger partial charge is 0.365 e. The summed E-state index contributed by atoms with van der Waals surface area (Å²) in [5, 5.41) is 0. The fraction of sp³-hybridized carbons (Fsp3) is 1.00. The van der Waals surface area contributed by atoms with Gasteiger partial charge in [0.2, 0.25) is 0 Å². The highest BCUT2D eigenvalue weighted by Crippen LogP contribution is 2.75. The SMILES string of the molecule is CC1CC[C@@]2(OC1)O[C@H]1C[C@H]3[C@@H]4CC5OC56CCCC[C@]6(C)[C@H]4CC[C@]3(C)[C@H]1[C@@H]2C. The molecule has 0 aromatic heterocycles. The summed E-state index contributed by atoms with van der Waals surface area (Å²) >= 11 is 0. The molecule has 4 saturated carbocycles. The molecular weight excluding hydrogens is 372 g/mol. The second kappa shape index (κ2) is 5.86. The van der Waals surface area contributed by atoms with Crippen LogP contribution in [-0.2, 0) is 14.2 Å². The molecular formula is C27H42O3. The van der Waals surface area contributed by atoms with Crippen LogP contribution in [0.15, 0.2) is 0 Å². The van der Waals surface area contributed by atoms with Gasteiger partial charge in [0.05, 0.1) is 18.8 Å². The maximum Gasteiger partial charge on any atom is 0.171 e. The first-order chi connectivity index (χ1) is 14.3. The van der Waals surface area contributed by atoms with Crippen molar-refractivity contribution in [1.29, 1.82) is 0 Å². The molecule has 7 rings (SSSR count). The zero-order valence-electron chi connectivity index (χ0n) is 19.6. The predicted octanol–water partition coefficient (Wildman–Crippen LogP) is 5.95. The second-order valence-electron chi connectivity index (χ2n) is 13.3. The van der Waals surface area contributed by atoms with E-state index in [1.165, 1.54) is 57.8 Å². The van der Waals surface area contributed by atoms with Gasteiger partial charge in [-0.1, -0.05) is 40.5 Å². The minimum absolute atomic E-state index is 0.273. The molecule has 168 valence electrons. The predicted molar refractivity (Wildman–Crippen MR) is 116 cm³/mol. The maximum atomic E-state index is 6.93. The summed E-state index contributed by atoms with van der Waals surface area (Å²) in [6, 6.07) is 0. The molecule has 0 amide bonds. The van der Waals surface area contributed by atoms with Crippen molar-refractivity contribution in [3.05, 3.63) is 0 Å². The van der Waals surface area contributed by atoms with Gasteiger partial charge in [-0.3, -0.25) is 0 Å². The van der Waals surface area contributed by atoms with E-state index in [1.54, 1.807) is 0 Å². The molecule has 12 atom stereocenters. The number of epoxide rings is 1. The van der Waals surface area contributed by atoms with Gasteiger partial charge in [-0.25, -0.2) is 0 Å². The molecule has 0 aromatic carbocycles. The van der Waals surface area contributed by atoms with Gasteiger partial charge in [-0.05, 0) is 80.0 Å². The van der Waals surface area contributed by atoms with Gasteiger partial charge in [0.25, 0.3) is 0 Å². The smallest absolute Gasteiger partial charge is 0.171 e. The highest BCUT2D eigenvalue weighted by molar-refractivity contribution is 5.24. The summed E-state index contributed by atoms with van der Waals surface area (Å²) in [6.07, 6.45) is 14.4. The molecule has 3 nitrogen and oxygen atoms in total. The molecule has 30 heavy (non-hydrogen) atoms. The quantitative estimate of drug-likeness (QED) is 0.459. The van der Waals surface area contributed by atoms with Crippen molar-refractivity contribution in [1.82, 2.24) is 0 Å². The molecule has 3 heterocycles. The Morgan fingerprint density at radius 1 is 0.833 bits per heavy atom. The Morgan fingerprint density at radius 3 is 2.47 bits per heavy atom. The molecule has 4 aliphatic carbocycles. The van der Waals surface area contributed by atoms with Gasteiger partial charge in [-0.15, -0.1) is 0 Å². The van der Waals surface area contributed by atoms with Gasteiger partial charge in [0.1, 0.15) is 5.60 Å². The van der Waals surface area contributed by atoms with E-state index in [-0.39, 0.29) is 11.4 Å².